The number of hydrogen-bond acceptors (Lipinski definition) is 3. The summed E-state index contributed by atoms with van der Waals surface area (Å²) in [6.07, 6.45) is 2.80. The highest BCUT2D eigenvalue weighted by Crippen LogP contribution is 2.34. The highest BCUT2D eigenvalue weighted by atomic mass is 16.5. The highest BCUT2D eigenvalue weighted by Gasteiger charge is 2.34. The fourth-order valence-electron chi connectivity index (χ4n) is 3.93. The summed E-state index contributed by atoms with van der Waals surface area (Å²) in [6.45, 7) is 3.11. The number of nitrogens with one attached hydrogen (secondary N) is 3. The van der Waals surface area contributed by atoms with E-state index in [1.165, 1.54) is 5.56 Å². The van der Waals surface area contributed by atoms with Crippen molar-refractivity contribution in [1.29, 1.82) is 0 Å². The molecule has 3 rings (SSSR count). The van der Waals surface area contributed by atoms with Gasteiger partial charge < -0.3 is 20.7 Å². The number of rotatable bonds is 7. The van der Waals surface area contributed by atoms with Gasteiger partial charge in [0.1, 0.15) is 0 Å². The Kier molecular flexibility index (Phi) is 7.85. The van der Waals surface area contributed by atoms with Crippen LogP contribution >= 0.6 is 0 Å². The molecule has 6 nitrogen and oxygen atoms in total. The molecule has 0 aromatic heterocycles. The summed E-state index contributed by atoms with van der Waals surface area (Å²) >= 11 is 0. The molecule has 1 heterocycles. The standard InChI is InChI=1S/C24H32N4O2/c1-25-22(29)20-8-6-7-19(17-20)11-14-27-23(26-2)28-18-24(12-15-30-16-13-24)21-9-4-3-5-10-21/h3-10,17H,11-16,18H2,1-2H3,(H,25,29)(H2,26,27,28). The van der Waals surface area contributed by atoms with E-state index in [2.05, 4.69) is 51.3 Å². The molecule has 0 aliphatic carbocycles. The Labute approximate surface area is 179 Å². The first kappa shape index (κ1) is 21.8. The van der Waals surface area contributed by atoms with Crippen LogP contribution in [0.25, 0.3) is 0 Å². The number of amides is 1. The van der Waals surface area contributed by atoms with Gasteiger partial charge >= 0.3 is 0 Å². The Morgan fingerprint density at radius 1 is 1.07 bits per heavy atom. The SMILES string of the molecule is CN=C(NCCc1cccc(C(=O)NC)c1)NCC1(c2ccccc2)CCOCC1. The number of carbonyl (C=O) groups is 1. The Bertz CT molecular complexity index is 845. The highest BCUT2D eigenvalue weighted by molar-refractivity contribution is 5.94. The van der Waals surface area contributed by atoms with E-state index < -0.39 is 0 Å². The number of guanidine groups is 1. The van der Waals surface area contributed by atoms with E-state index in [0.29, 0.717) is 5.56 Å². The molecule has 160 valence electrons. The van der Waals surface area contributed by atoms with Gasteiger partial charge in [-0.3, -0.25) is 9.79 Å². The Balaban J connectivity index is 1.56. The van der Waals surface area contributed by atoms with Gasteiger partial charge in [-0.05, 0) is 42.5 Å². The molecule has 3 N–H and O–H groups in total. The smallest absolute Gasteiger partial charge is 0.251 e. The maximum absolute atomic E-state index is 11.8. The predicted octanol–water partition coefficient (Wildman–Crippen LogP) is 2.50. The van der Waals surface area contributed by atoms with Crippen LogP contribution in [-0.4, -0.2) is 52.3 Å². The van der Waals surface area contributed by atoms with Gasteiger partial charge in [-0.2, -0.15) is 0 Å². The van der Waals surface area contributed by atoms with Crippen LogP contribution in [0, 0.1) is 0 Å². The van der Waals surface area contributed by atoms with E-state index >= 15 is 0 Å². The van der Waals surface area contributed by atoms with Crippen LogP contribution in [0.15, 0.2) is 59.6 Å². The second-order valence-corrected chi connectivity index (χ2v) is 7.64. The first-order valence-corrected chi connectivity index (χ1v) is 10.6. The zero-order valence-corrected chi connectivity index (χ0v) is 17.9. The van der Waals surface area contributed by atoms with Crippen LogP contribution in [0.3, 0.4) is 0 Å². The maximum atomic E-state index is 11.8. The third-order valence-corrected chi connectivity index (χ3v) is 5.78. The molecular formula is C24H32N4O2. The molecule has 0 bridgehead atoms. The number of nitrogens with zero attached hydrogens (tertiary/aromatic N) is 1. The average Bonchev–Trinajstić information content (AvgIpc) is 2.82. The fourth-order valence-corrected chi connectivity index (χ4v) is 3.93. The molecule has 0 saturated carbocycles. The van der Waals surface area contributed by atoms with Crippen LogP contribution in [0.4, 0.5) is 0 Å². The number of carbonyl (C=O) groups excluding carboxylic acids is 1. The molecular weight excluding hydrogens is 376 g/mol. The van der Waals surface area contributed by atoms with Gasteiger partial charge in [-0.25, -0.2) is 0 Å². The van der Waals surface area contributed by atoms with E-state index in [1.807, 2.05) is 24.3 Å². The Hall–Kier alpha value is -2.86. The number of hydrogen-bond donors (Lipinski definition) is 3. The molecule has 2 aromatic rings. The number of benzene rings is 2. The summed E-state index contributed by atoms with van der Waals surface area (Å²) < 4.78 is 5.63. The minimum Gasteiger partial charge on any atom is -0.381 e. The van der Waals surface area contributed by atoms with Gasteiger partial charge in [0.15, 0.2) is 5.96 Å². The van der Waals surface area contributed by atoms with Crippen molar-refractivity contribution in [3.63, 3.8) is 0 Å². The van der Waals surface area contributed by atoms with E-state index in [4.69, 9.17) is 4.74 Å². The molecule has 0 unspecified atom stereocenters. The molecule has 1 fully saturated rings. The molecule has 0 spiro atoms. The lowest BCUT2D eigenvalue weighted by atomic mass is 9.74. The summed E-state index contributed by atoms with van der Waals surface area (Å²) in [6, 6.07) is 18.4. The van der Waals surface area contributed by atoms with Crippen LogP contribution in [-0.2, 0) is 16.6 Å². The van der Waals surface area contributed by atoms with Crippen molar-refractivity contribution in [2.45, 2.75) is 24.7 Å². The molecule has 6 heteroatoms. The van der Waals surface area contributed by atoms with Crippen molar-refractivity contribution in [3.8, 4) is 0 Å². The van der Waals surface area contributed by atoms with Gasteiger partial charge in [-0.1, -0.05) is 42.5 Å². The van der Waals surface area contributed by atoms with E-state index in [-0.39, 0.29) is 11.3 Å². The van der Waals surface area contributed by atoms with E-state index in [0.717, 1.165) is 57.1 Å². The van der Waals surface area contributed by atoms with Crippen molar-refractivity contribution in [2.24, 2.45) is 4.99 Å². The van der Waals surface area contributed by atoms with E-state index in [1.54, 1.807) is 14.1 Å². The van der Waals surface area contributed by atoms with Crippen molar-refractivity contribution < 1.29 is 9.53 Å². The second kappa shape index (κ2) is 10.8. The van der Waals surface area contributed by atoms with Crippen LogP contribution in [0.2, 0.25) is 0 Å². The maximum Gasteiger partial charge on any atom is 0.251 e. The van der Waals surface area contributed by atoms with E-state index in [9.17, 15) is 4.79 Å². The molecule has 1 aliphatic rings. The van der Waals surface area contributed by atoms with Crippen molar-refractivity contribution in [2.75, 3.05) is 40.4 Å². The molecule has 1 saturated heterocycles. The lowest BCUT2D eigenvalue weighted by Crippen LogP contribution is -2.48. The van der Waals surface area contributed by atoms with Crippen molar-refractivity contribution in [1.82, 2.24) is 16.0 Å². The quantitative estimate of drug-likeness (QED) is 0.486. The van der Waals surface area contributed by atoms with Crippen LogP contribution in [0.1, 0.15) is 34.3 Å². The zero-order chi connectivity index (χ0) is 21.2. The van der Waals surface area contributed by atoms with Crippen molar-refractivity contribution >= 4 is 11.9 Å². The summed E-state index contributed by atoms with van der Waals surface area (Å²) in [4.78, 5) is 16.2. The van der Waals surface area contributed by atoms with Gasteiger partial charge in [0.2, 0.25) is 0 Å². The first-order chi connectivity index (χ1) is 14.7. The minimum absolute atomic E-state index is 0.0545. The summed E-state index contributed by atoms with van der Waals surface area (Å²) in [5, 5.41) is 9.58. The first-order valence-electron chi connectivity index (χ1n) is 10.6. The summed E-state index contributed by atoms with van der Waals surface area (Å²) in [5.41, 5.74) is 3.20. The number of ether oxygens (including phenoxy) is 1. The molecule has 30 heavy (non-hydrogen) atoms. The van der Waals surface area contributed by atoms with Crippen molar-refractivity contribution in [3.05, 3.63) is 71.3 Å². The van der Waals surface area contributed by atoms with Crippen LogP contribution in [0.5, 0.6) is 0 Å². The molecule has 0 atom stereocenters. The van der Waals surface area contributed by atoms with Gasteiger partial charge in [0.05, 0.1) is 0 Å². The normalized spacial score (nSPS) is 16.0. The largest absolute Gasteiger partial charge is 0.381 e. The van der Waals surface area contributed by atoms with Gasteiger partial charge in [0, 0.05) is 51.4 Å². The Morgan fingerprint density at radius 2 is 1.83 bits per heavy atom. The van der Waals surface area contributed by atoms with Crippen LogP contribution < -0.4 is 16.0 Å². The Morgan fingerprint density at radius 3 is 2.53 bits per heavy atom. The topological polar surface area (TPSA) is 74.8 Å². The summed E-state index contributed by atoms with van der Waals surface area (Å²) in [7, 11) is 3.44. The van der Waals surface area contributed by atoms with Gasteiger partial charge in [0.25, 0.3) is 5.91 Å². The lowest BCUT2D eigenvalue weighted by Gasteiger charge is -2.38. The third-order valence-electron chi connectivity index (χ3n) is 5.78. The monoisotopic (exact) mass is 408 g/mol. The third kappa shape index (κ3) is 5.60. The number of aliphatic imine (C=N–C) groups is 1. The lowest BCUT2D eigenvalue weighted by molar-refractivity contribution is 0.0514. The molecule has 1 aliphatic heterocycles. The minimum atomic E-state index is -0.0649. The average molecular weight is 409 g/mol. The molecule has 2 aromatic carbocycles. The second-order valence-electron chi connectivity index (χ2n) is 7.64. The predicted molar refractivity (Wildman–Crippen MR) is 121 cm³/mol. The summed E-state index contributed by atoms with van der Waals surface area (Å²) in [5.74, 6) is 0.726. The zero-order valence-electron chi connectivity index (χ0n) is 17.9. The fraction of sp³-hybridized carbons (Fsp3) is 0.417. The molecule has 0 radical (unpaired) electrons. The van der Waals surface area contributed by atoms with Gasteiger partial charge in [-0.15, -0.1) is 0 Å². The molecule has 1 amide bonds.